The first-order valence-corrected chi connectivity index (χ1v) is 7.20. The van der Waals surface area contributed by atoms with Gasteiger partial charge in [-0.15, -0.1) is 0 Å². The van der Waals surface area contributed by atoms with Crippen LogP contribution in [0.3, 0.4) is 0 Å². The van der Waals surface area contributed by atoms with Crippen molar-refractivity contribution in [1.29, 1.82) is 0 Å². The van der Waals surface area contributed by atoms with Crippen molar-refractivity contribution >= 4 is 16.9 Å². The van der Waals surface area contributed by atoms with E-state index in [0.29, 0.717) is 18.2 Å². The Morgan fingerprint density at radius 2 is 2.05 bits per heavy atom. The topological polar surface area (TPSA) is 91.7 Å². The number of nitrogens with two attached hydrogens (primary N) is 1. The van der Waals surface area contributed by atoms with E-state index in [1.807, 2.05) is 32.9 Å². The molecule has 3 aromatic rings. The molecule has 3 heterocycles. The highest BCUT2D eigenvalue weighted by molar-refractivity contribution is 5.98. The van der Waals surface area contributed by atoms with Crippen LogP contribution < -0.4 is 10.5 Å². The lowest BCUT2D eigenvalue weighted by Gasteiger charge is -2.08. The zero-order valence-corrected chi connectivity index (χ0v) is 12.8. The molecule has 22 heavy (non-hydrogen) atoms. The summed E-state index contributed by atoms with van der Waals surface area (Å²) in [6, 6.07) is 3.74. The first-order chi connectivity index (χ1) is 10.6. The lowest BCUT2D eigenvalue weighted by Crippen LogP contribution is -2.06. The van der Waals surface area contributed by atoms with Gasteiger partial charge in [0, 0.05) is 24.4 Å². The summed E-state index contributed by atoms with van der Waals surface area (Å²) >= 11 is 0. The summed E-state index contributed by atoms with van der Waals surface area (Å²) < 4.78 is 7.36. The van der Waals surface area contributed by atoms with Crippen LogP contribution in [0.15, 0.2) is 24.7 Å². The molecule has 0 aliphatic carbocycles. The number of pyridine rings is 1. The fourth-order valence-corrected chi connectivity index (χ4v) is 2.28. The Labute approximate surface area is 128 Å². The molecule has 3 rings (SSSR count). The van der Waals surface area contributed by atoms with Gasteiger partial charge in [0.25, 0.3) is 0 Å². The number of ether oxygens (including phenoxy) is 1. The van der Waals surface area contributed by atoms with Gasteiger partial charge in [-0.05, 0) is 26.8 Å². The highest BCUT2D eigenvalue weighted by Gasteiger charge is 2.16. The summed E-state index contributed by atoms with van der Waals surface area (Å²) in [7, 11) is 0. The van der Waals surface area contributed by atoms with Crippen molar-refractivity contribution in [2.75, 3.05) is 5.73 Å². The van der Waals surface area contributed by atoms with E-state index in [1.54, 1.807) is 10.9 Å². The van der Waals surface area contributed by atoms with Gasteiger partial charge in [0.1, 0.15) is 17.8 Å². The largest absolute Gasteiger partial charge is 0.475 e. The molecule has 3 aromatic heterocycles. The molecular weight excluding hydrogens is 280 g/mol. The third-order valence-electron chi connectivity index (χ3n) is 3.22. The van der Waals surface area contributed by atoms with Crippen LogP contribution in [0, 0.1) is 0 Å². The van der Waals surface area contributed by atoms with Crippen molar-refractivity contribution in [2.24, 2.45) is 0 Å². The smallest absolute Gasteiger partial charge is 0.213 e. The fourth-order valence-electron chi connectivity index (χ4n) is 2.28. The maximum Gasteiger partial charge on any atom is 0.213 e. The molecule has 0 aromatic carbocycles. The van der Waals surface area contributed by atoms with E-state index in [2.05, 4.69) is 20.1 Å². The first-order valence-electron chi connectivity index (χ1n) is 7.20. The van der Waals surface area contributed by atoms with Crippen molar-refractivity contribution in [3.8, 4) is 17.1 Å². The number of nitrogens with zero attached hydrogens (tertiary/aromatic N) is 5. The second kappa shape index (κ2) is 5.59. The molecule has 0 fully saturated rings. The SMILES string of the molecule is CCn1nc(-c2ccc(OC(C)C)nc2)c2c(N)ncnc21. The number of rotatable bonds is 4. The van der Waals surface area contributed by atoms with Crippen LogP contribution in [-0.2, 0) is 6.54 Å². The monoisotopic (exact) mass is 298 g/mol. The number of hydrogen-bond donors (Lipinski definition) is 1. The predicted molar refractivity (Wildman–Crippen MR) is 84.4 cm³/mol. The number of hydrogen-bond acceptors (Lipinski definition) is 6. The summed E-state index contributed by atoms with van der Waals surface area (Å²) in [5, 5.41) is 5.34. The Balaban J connectivity index is 2.10. The molecule has 7 nitrogen and oxygen atoms in total. The average Bonchev–Trinajstić information content (AvgIpc) is 2.88. The molecule has 0 aliphatic heterocycles. The Bertz CT molecular complexity index is 794. The lowest BCUT2D eigenvalue weighted by molar-refractivity contribution is 0.232. The molecule has 114 valence electrons. The second-order valence-corrected chi connectivity index (χ2v) is 5.17. The Hall–Kier alpha value is -2.70. The normalized spacial score (nSPS) is 11.3. The minimum atomic E-state index is 0.0857. The van der Waals surface area contributed by atoms with E-state index < -0.39 is 0 Å². The fraction of sp³-hybridized carbons (Fsp3) is 0.333. The Kier molecular flexibility index (Phi) is 3.62. The highest BCUT2D eigenvalue weighted by Crippen LogP contribution is 2.30. The third kappa shape index (κ3) is 2.45. The molecule has 0 unspecified atom stereocenters. The maximum atomic E-state index is 6.01. The van der Waals surface area contributed by atoms with Crippen LogP contribution in [0.5, 0.6) is 5.88 Å². The number of nitrogen functional groups attached to an aromatic ring is 1. The van der Waals surface area contributed by atoms with Gasteiger partial charge in [-0.2, -0.15) is 5.10 Å². The van der Waals surface area contributed by atoms with E-state index in [9.17, 15) is 0 Å². The Morgan fingerprint density at radius 1 is 1.23 bits per heavy atom. The quantitative estimate of drug-likeness (QED) is 0.794. The van der Waals surface area contributed by atoms with Crippen LogP contribution in [0.1, 0.15) is 20.8 Å². The van der Waals surface area contributed by atoms with Gasteiger partial charge >= 0.3 is 0 Å². The van der Waals surface area contributed by atoms with Crippen LogP contribution in [0.25, 0.3) is 22.3 Å². The van der Waals surface area contributed by atoms with E-state index in [1.165, 1.54) is 6.33 Å². The molecular formula is C15H18N6O. The second-order valence-electron chi connectivity index (χ2n) is 5.17. The van der Waals surface area contributed by atoms with Crippen molar-refractivity contribution < 1.29 is 4.74 Å². The molecule has 0 atom stereocenters. The van der Waals surface area contributed by atoms with Gasteiger partial charge < -0.3 is 10.5 Å². The molecule has 0 amide bonds. The van der Waals surface area contributed by atoms with Crippen LogP contribution in [0.2, 0.25) is 0 Å². The zero-order valence-electron chi connectivity index (χ0n) is 12.8. The molecule has 0 saturated heterocycles. The summed E-state index contributed by atoms with van der Waals surface area (Å²) in [6.45, 7) is 6.63. The standard InChI is InChI=1S/C15H18N6O/c1-4-21-15-12(14(16)18-8-19-15)13(20-21)10-5-6-11(17-7-10)22-9(2)3/h5-9H,4H2,1-3H3,(H2,16,18,19). The molecule has 2 N–H and O–H groups in total. The van der Waals surface area contributed by atoms with Crippen LogP contribution in [0.4, 0.5) is 5.82 Å². The highest BCUT2D eigenvalue weighted by atomic mass is 16.5. The van der Waals surface area contributed by atoms with Gasteiger partial charge in [0.15, 0.2) is 5.65 Å². The lowest BCUT2D eigenvalue weighted by atomic mass is 10.1. The van der Waals surface area contributed by atoms with E-state index >= 15 is 0 Å². The van der Waals surface area contributed by atoms with Crippen LogP contribution in [-0.4, -0.2) is 30.8 Å². The summed E-state index contributed by atoms with van der Waals surface area (Å²) in [6.07, 6.45) is 3.27. The average molecular weight is 298 g/mol. The molecule has 0 spiro atoms. The number of aromatic nitrogens is 5. The van der Waals surface area contributed by atoms with Crippen molar-refractivity contribution in [2.45, 2.75) is 33.4 Å². The summed E-state index contributed by atoms with van der Waals surface area (Å²) in [5.41, 5.74) is 8.33. The van der Waals surface area contributed by atoms with Crippen molar-refractivity contribution in [1.82, 2.24) is 24.7 Å². The minimum absolute atomic E-state index is 0.0857. The zero-order chi connectivity index (χ0) is 15.7. The van der Waals surface area contributed by atoms with Crippen molar-refractivity contribution in [3.05, 3.63) is 24.7 Å². The van der Waals surface area contributed by atoms with Gasteiger partial charge in [0.2, 0.25) is 5.88 Å². The minimum Gasteiger partial charge on any atom is -0.475 e. The number of aryl methyl sites for hydroxylation is 1. The van der Waals surface area contributed by atoms with Crippen molar-refractivity contribution in [3.63, 3.8) is 0 Å². The molecule has 0 bridgehead atoms. The molecule has 0 radical (unpaired) electrons. The van der Waals surface area contributed by atoms with E-state index in [-0.39, 0.29) is 6.10 Å². The number of fused-ring (bicyclic) bond motifs is 1. The third-order valence-corrected chi connectivity index (χ3v) is 3.22. The molecule has 0 aliphatic rings. The molecule has 0 saturated carbocycles. The maximum absolute atomic E-state index is 6.01. The van der Waals surface area contributed by atoms with E-state index in [0.717, 1.165) is 22.3 Å². The molecule has 7 heteroatoms. The van der Waals surface area contributed by atoms with Gasteiger partial charge in [-0.1, -0.05) is 0 Å². The summed E-state index contributed by atoms with van der Waals surface area (Å²) in [5.74, 6) is 1.00. The van der Waals surface area contributed by atoms with E-state index in [4.69, 9.17) is 10.5 Å². The first kappa shape index (κ1) is 14.2. The number of anilines is 1. The van der Waals surface area contributed by atoms with Crippen LogP contribution >= 0.6 is 0 Å². The van der Waals surface area contributed by atoms with Gasteiger partial charge in [0.05, 0.1) is 11.5 Å². The predicted octanol–water partition coefficient (Wildman–Crippen LogP) is 2.28. The van der Waals surface area contributed by atoms with Gasteiger partial charge in [-0.25, -0.2) is 19.6 Å². The van der Waals surface area contributed by atoms with Gasteiger partial charge in [-0.3, -0.25) is 0 Å². The Morgan fingerprint density at radius 3 is 2.68 bits per heavy atom. The summed E-state index contributed by atoms with van der Waals surface area (Å²) in [4.78, 5) is 12.7.